The minimum atomic E-state index is -0.0443. The fourth-order valence-electron chi connectivity index (χ4n) is 4.09. The summed E-state index contributed by atoms with van der Waals surface area (Å²) in [6.45, 7) is 2.74. The summed E-state index contributed by atoms with van der Waals surface area (Å²) < 4.78 is 9.44. The van der Waals surface area contributed by atoms with Crippen LogP contribution >= 0.6 is 11.3 Å². The SMILES string of the molecule is Cc1nc(-n2cccc2)sc1C(=O)N(Cc1ccco1)Cc1nn(C)c2c1CCC2. The van der Waals surface area contributed by atoms with E-state index in [-0.39, 0.29) is 5.91 Å². The molecule has 154 valence electrons. The number of amides is 1. The Morgan fingerprint density at radius 1 is 1.23 bits per heavy atom. The lowest BCUT2D eigenvalue weighted by Gasteiger charge is -2.21. The minimum absolute atomic E-state index is 0.0443. The van der Waals surface area contributed by atoms with Crippen LogP contribution in [0.3, 0.4) is 0 Å². The molecule has 0 unspecified atom stereocenters. The maximum atomic E-state index is 13.6. The zero-order chi connectivity index (χ0) is 20.7. The van der Waals surface area contributed by atoms with Crippen LogP contribution in [0.5, 0.6) is 0 Å². The number of furan rings is 1. The van der Waals surface area contributed by atoms with E-state index >= 15 is 0 Å². The Kier molecular flexibility index (Phi) is 4.78. The van der Waals surface area contributed by atoms with Crippen molar-refractivity contribution in [2.45, 2.75) is 39.3 Å². The summed E-state index contributed by atoms with van der Waals surface area (Å²) in [7, 11) is 1.99. The number of aryl methyl sites for hydroxylation is 2. The average molecular weight is 422 g/mol. The molecule has 1 aliphatic rings. The number of hydrogen-bond donors (Lipinski definition) is 0. The summed E-state index contributed by atoms with van der Waals surface area (Å²) in [5.74, 6) is 0.709. The van der Waals surface area contributed by atoms with Crippen molar-refractivity contribution in [3.63, 3.8) is 0 Å². The molecule has 0 bridgehead atoms. The van der Waals surface area contributed by atoms with Crippen LogP contribution in [0.4, 0.5) is 0 Å². The number of hydrogen-bond acceptors (Lipinski definition) is 5. The van der Waals surface area contributed by atoms with Gasteiger partial charge in [-0.1, -0.05) is 11.3 Å². The second-order valence-electron chi connectivity index (χ2n) is 7.59. The van der Waals surface area contributed by atoms with E-state index in [1.165, 1.54) is 22.6 Å². The lowest BCUT2D eigenvalue weighted by Crippen LogP contribution is -2.30. The highest BCUT2D eigenvalue weighted by Crippen LogP contribution is 2.28. The second kappa shape index (κ2) is 7.60. The lowest BCUT2D eigenvalue weighted by molar-refractivity contribution is 0.0718. The van der Waals surface area contributed by atoms with E-state index in [1.54, 1.807) is 6.26 Å². The molecule has 4 aromatic heterocycles. The number of rotatable bonds is 6. The second-order valence-corrected chi connectivity index (χ2v) is 8.57. The first-order valence-corrected chi connectivity index (χ1v) is 10.9. The highest BCUT2D eigenvalue weighted by molar-refractivity contribution is 7.16. The van der Waals surface area contributed by atoms with Gasteiger partial charge in [0.1, 0.15) is 10.6 Å². The molecule has 5 rings (SSSR count). The number of aromatic nitrogens is 4. The van der Waals surface area contributed by atoms with Gasteiger partial charge in [-0.15, -0.1) is 0 Å². The molecule has 0 saturated carbocycles. The third-order valence-electron chi connectivity index (χ3n) is 5.56. The van der Waals surface area contributed by atoms with Gasteiger partial charge in [0.2, 0.25) is 0 Å². The molecule has 0 N–H and O–H groups in total. The smallest absolute Gasteiger partial charge is 0.266 e. The van der Waals surface area contributed by atoms with Crippen molar-refractivity contribution in [3.8, 4) is 5.13 Å². The first-order valence-electron chi connectivity index (χ1n) is 10.1. The minimum Gasteiger partial charge on any atom is -0.467 e. The van der Waals surface area contributed by atoms with E-state index in [0.29, 0.717) is 18.0 Å². The summed E-state index contributed by atoms with van der Waals surface area (Å²) in [6, 6.07) is 7.64. The molecule has 4 heterocycles. The molecule has 30 heavy (non-hydrogen) atoms. The zero-order valence-corrected chi connectivity index (χ0v) is 17.9. The van der Waals surface area contributed by atoms with Crippen molar-refractivity contribution in [1.29, 1.82) is 0 Å². The number of carbonyl (C=O) groups excluding carboxylic acids is 1. The summed E-state index contributed by atoms with van der Waals surface area (Å²) >= 11 is 1.41. The molecular formula is C22H23N5O2S. The van der Waals surface area contributed by atoms with Gasteiger partial charge in [-0.25, -0.2) is 4.98 Å². The molecule has 0 aromatic carbocycles. The molecule has 1 aliphatic carbocycles. The summed E-state index contributed by atoms with van der Waals surface area (Å²) in [4.78, 5) is 20.7. The van der Waals surface area contributed by atoms with Gasteiger partial charge in [0.05, 0.1) is 30.7 Å². The Bertz CT molecular complexity index is 1170. The van der Waals surface area contributed by atoms with E-state index < -0.39 is 0 Å². The molecule has 0 saturated heterocycles. The van der Waals surface area contributed by atoms with Gasteiger partial charge >= 0.3 is 0 Å². The lowest BCUT2D eigenvalue weighted by atomic mass is 10.2. The van der Waals surface area contributed by atoms with Crippen molar-refractivity contribution < 1.29 is 9.21 Å². The van der Waals surface area contributed by atoms with Gasteiger partial charge < -0.3 is 13.9 Å². The van der Waals surface area contributed by atoms with Crippen molar-refractivity contribution in [1.82, 2.24) is 24.2 Å². The van der Waals surface area contributed by atoms with Crippen molar-refractivity contribution in [2.75, 3.05) is 0 Å². The van der Waals surface area contributed by atoms with Crippen LogP contribution in [0.2, 0.25) is 0 Å². The van der Waals surface area contributed by atoms with Crippen LogP contribution in [0.15, 0.2) is 47.3 Å². The third kappa shape index (κ3) is 3.37. The van der Waals surface area contributed by atoms with Gasteiger partial charge in [0, 0.05) is 25.1 Å². The van der Waals surface area contributed by atoms with E-state index in [4.69, 9.17) is 9.52 Å². The Morgan fingerprint density at radius 2 is 2.07 bits per heavy atom. The van der Waals surface area contributed by atoms with E-state index in [0.717, 1.165) is 41.5 Å². The summed E-state index contributed by atoms with van der Waals surface area (Å²) in [5.41, 5.74) is 4.31. The van der Waals surface area contributed by atoms with Gasteiger partial charge in [0.25, 0.3) is 5.91 Å². The molecule has 7 nitrogen and oxygen atoms in total. The predicted octanol–water partition coefficient (Wildman–Crippen LogP) is 3.90. The zero-order valence-electron chi connectivity index (χ0n) is 17.0. The van der Waals surface area contributed by atoms with Crippen LogP contribution in [-0.4, -0.2) is 30.1 Å². The first-order chi connectivity index (χ1) is 14.6. The molecule has 0 radical (unpaired) electrons. The van der Waals surface area contributed by atoms with Crippen LogP contribution in [-0.2, 0) is 33.0 Å². The van der Waals surface area contributed by atoms with E-state index in [1.807, 2.05) is 64.8 Å². The van der Waals surface area contributed by atoms with Crippen LogP contribution in [0.1, 0.15) is 44.5 Å². The van der Waals surface area contributed by atoms with Crippen molar-refractivity contribution in [2.24, 2.45) is 7.05 Å². The Morgan fingerprint density at radius 3 is 2.83 bits per heavy atom. The molecule has 8 heteroatoms. The standard InChI is InChI=1S/C22H23N5O2S/c1-15-20(30-22(23-15)26-10-3-4-11-26)21(28)27(13-16-7-6-12-29-16)14-18-17-8-5-9-19(17)25(2)24-18/h3-4,6-7,10-12H,5,8-9,13-14H2,1-2H3. The van der Waals surface area contributed by atoms with Crippen molar-refractivity contribution in [3.05, 3.63) is 76.2 Å². The van der Waals surface area contributed by atoms with Crippen LogP contribution < -0.4 is 0 Å². The molecule has 1 amide bonds. The highest BCUT2D eigenvalue weighted by Gasteiger charge is 2.27. The monoisotopic (exact) mass is 421 g/mol. The number of thiazole rings is 1. The maximum absolute atomic E-state index is 13.6. The van der Waals surface area contributed by atoms with E-state index in [2.05, 4.69) is 4.98 Å². The van der Waals surface area contributed by atoms with Gasteiger partial charge in [-0.3, -0.25) is 9.48 Å². The number of fused-ring (bicyclic) bond motifs is 1. The molecule has 0 fully saturated rings. The largest absolute Gasteiger partial charge is 0.467 e. The van der Waals surface area contributed by atoms with Crippen molar-refractivity contribution >= 4 is 17.2 Å². The normalized spacial score (nSPS) is 13.0. The Balaban J connectivity index is 1.47. The summed E-state index contributed by atoms with van der Waals surface area (Å²) in [5, 5.41) is 5.51. The third-order valence-corrected chi connectivity index (χ3v) is 6.72. The number of nitrogens with zero attached hydrogens (tertiary/aromatic N) is 5. The van der Waals surface area contributed by atoms with Gasteiger partial charge in [-0.05, 0) is 56.0 Å². The number of carbonyl (C=O) groups is 1. The highest BCUT2D eigenvalue weighted by atomic mass is 32.1. The average Bonchev–Trinajstić information content (AvgIpc) is 3.53. The Labute approximate surface area is 178 Å². The fraction of sp³-hybridized carbons (Fsp3) is 0.318. The maximum Gasteiger partial charge on any atom is 0.266 e. The molecule has 0 spiro atoms. The van der Waals surface area contributed by atoms with Gasteiger partial charge in [-0.2, -0.15) is 5.10 Å². The van der Waals surface area contributed by atoms with Crippen LogP contribution in [0, 0.1) is 6.92 Å². The fourth-order valence-corrected chi connectivity index (χ4v) is 5.09. The topological polar surface area (TPSA) is 69.1 Å². The van der Waals surface area contributed by atoms with Gasteiger partial charge in [0.15, 0.2) is 5.13 Å². The first kappa shape index (κ1) is 18.9. The molecule has 0 atom stereocenters. The molecular weight excluding hydrogens is 398 g/mol. The Hall–Kier alpha value is -3.13. The van der Waals surface area contributed by atoms with E-state index in [9.17, 15) is 4.79 Å². The predicted molar refractivity (Wildman–Crippen MR) is 114 cm³/mol. The quantitative estimate of drug-likeness (QED) is 0.473. The molecule has 4 aromatic rings. The summed E-state index contributed by atoms with van der Waals surface area (Å²) in [6.07, 6.45) is 8.74. The van der Waals surface area contributed by atoms with Crippen LogP contribution in [0.25, 0.3) is 5.13 Å². The molecule has 0 aliphatic heterocycles.